The van der Waals surface area contributed by atoms with E-state index < -0.39 is 6.10 Å². The third-order valence-electron chi connectivity index (χ3n) is 3.10. The molecule has 1 heterocycles. The van der Waals surface area contributed by atoms with E-state index in [0.717, 1.165) is 24.2 Å². The van der Waals surface area contributed by atoms with Crippen LogP contribution in [-0.2, 0) is 0 Å². The second kappa shape index (κ2) is 4.77. The molecule has 0 aliphatic carbocycles. The Balaban J connectivity index is 2.33. The maximum absolute atomic E-state index is 10.4. The van der Waals surface area contributed by atoms with Crippen molar-refractivity contribution in [3.05, 3.63) is 33.8 Å². The summed E-state index contributed by atoms with van der Waals surface area (Å²) in [4.78, 5) is 0. The second-order valence-electron chi connectivity index (χ2n) is 4.31. The van der Waals surface area contributed by atoms with E-state index in [4.69, 9.17) is 23.2 Å². The Labute approximate surface area is 110 Å². The maximum Gasteiger partial charge on any atom is 0.0948 e. The molecule has 0 aromatic heterocycles. The minimum absolute atomic E-state index is 0.131. The molecule has 1 aliphatic rings. The predicted octanol–water partition coefficient (Wildman–Crippen LogP) is 4.31. The molecule has 2 rings (SSSR count). The molecule has 0 spiro atoms. The first-order valence-corrected chi connectivity index (χ1v) is 7.05. The van der Waals surface area contributed by atoms with Crippen LogP contribution in [0.5, 0.6) is 0 Å². The van der Waals surface area contributed by atoms with Gasteiger partial charge >= 0.3 is 0 Å². The number of aliphatic hydroxyl groups excluding tert-OH is 1. The second-order valence-corrected chi connectivity index (χ2v) is 6.72. The Morgan fingerprint density at radius 3 is 2.81 bits per heavy atom. The zero-order chi connectivity index (χ0) is 11.8. The third kappa shape index (κ3) is 2.21. The molecule has 0 bridgehead atoms. The van der Waals surface area contributed by atoms with Gasteiger partial charge in [-0.15, -0.1) is 0 Å². The van der Waals surface area contributed by atoms with Crippen molar-refractivity contribution >= 4 is 35.0 Å². The molecule has 1 saturated heterocycles. The van der Waals surface area contributed by atoms with Crippen LogP contribution in [0.4, 0.5) is 0 Å². The van der Waals surface area contributed by atoms with Gasteiger partial charge in [0.15, 0.2) is 0 Å². The summed E-state index contributed by atoms with van der Waals surface area (Å²) in [7, 11) is 0. The van der Waals surface area contributed by atoms with E-state index in [9.17, 15) is 5.11 Å². The molecule has 1 aromatic carbocycles. The smallest absolute Gasteiger partial charge is 0.0948 e. The first kappa shape index (κ1) is 12.6. The Hall–Kier alpha value is 0.110. The molecule has 4 heteroatoms. The Morgan fingerprint density at radius 1 is 1.44 bits per heavy atom. The summed E-state index contributed by atoms with van der Waals surface area (Å²) in [5.74, 6) is 1.10. The molecule has 2 atom stereocenters. The van der Waals surface area contributed by atoms with Crippen molar-refractivity contribution in [1.82, 2.24) is 0 Å². The van der Waals surface area contributed by atoms with E-state index in [-0.39, 0.29) is 4.75 Å². The molecule has 0 saturated carbocycles. The fourth-order valence-corrected chi connectivity index (χ4v) is 3.82. The summed E-state index contributed by atoms with van der Waals surface area (Å²) in [6.45, 7) is 2.09. The van der Waals surface area contributed by atoms with E-state index in [1.54, 1.807) is 6.07 Å². The Kier molecular flexibility index (Phi) is 3.75. The van der Waals surface area contributed by atoms with Crippen LogP contribution in [0.25, 0.3) is 0 Å². The molecule has 2 unspecified atom stereocenters. The van der Waals surface area contributed by atoms with E-state index in [0.29, 0.717) is 10.0 Å². The number of benzene rings is 1. The van der Waals surface area contributed by atoms with Gasteiger partial charge in [-0.2, -0.15) is 11.8 Å². The van der Waals surface area contributed by atoms with Crippen LogP contribution in [0.15, 0.2) is 18.2 Å². The van der Waals surface area contributed by atoms with Crippen molar-refractivity contribution in [2.75, 3.05) is 5.75 Å². The zero-order valence-electron chi connectivity index (χ0n) is 9.04. The number of aliphatic hydroxyl groups is 1. The molecule has 1 N–H and O–H groups in total. The van der Waals surface area contributed by atoms with Gasteiger partial charge in [-0.05, 0) is 31.6 Å². The first-order valence-electron chi connectivity index (χ1n) is 5.30. The summed E-state index contributed by atoms with van der Waals surface area (Å²) in [5, 5.41) is 11.4. The number of thioether (sulfide) groups is 1. The predicted molar refractivity (Wildman–Crippen MR) is 71.5 cm³/mol. The summed E-state index contributed by atoms with van der Waals surface area (Å²) in [6, 6.07) is 5.42. The number of halogens is 2. The average molecular weight is 277 g/mol. The highest BCUT2D eigenvalue weighted by atomic mass is 35.5. The Bertz CT molecular complexity index is 389. The average Bonchev–Trinajstić information content (AvgIpc) is 2.70. The lowest BCUT2D eigenvalue weighted by atomic mass is 9.93. The third-order valence-corrected chi connectivity index (χ3v) is 5.52. The topological polar surface area (TPSA) is 20.2 Å². The van der Waals surface area contributed by atoms with Gasteiger partial charge in [0, 0.05) is 10.3 Å². The molecule has 16 heavy (non-hydrogen) atoms. The number of hydrogen-bond donors (Lipinski definition) is 1. The summed E-state index contributed by atoms with van der Waals surface area (Å²) in [6.07, 6.45) is 1.61. The van der Waals surface area contributed by atoms with E-state index in [1.807, 2.05) is 23.9 Å². The van der Waals surface area contributed by atoms with Crippen molar-refractivity contribution in [3.63, 3.8) is 0 Å². The van der Waals surface area contributed by atoms with Gasteiger partial charge in [0.1, 0.15) is 0 Å². The molecular formula is C12H14Cl2OS. The summed E-state index contributed by atoms with van der Waals surface area (Å²) in [5.41, 5.74) is 0.742. The standard InChI is InChI=1S/C12H14Cl2OS/c1-12(6-3-7-16-12)11(15)8-4-2-5-9(13)10(8)14/h2,4-5,11,15H,3,6-7H2,1H3. The van der Waals surface area contributed by atoms with Crippen molar-refractivity contribution < 1.29 is 5.11 Å². The fraction of sp³-hybridized carbons (Fsp3) is 0.500. The van der Waals surface area contributed by atoms with Gasteiger partial charge in [-0.1, -0.05) is 35.3 Å². The van der Waals surface area contributed by atoms with Gasteiger partial charge in [0.05, 0.1) is 16.1 Å². The van der Waals surface area contributed by atoms with Gasteiger partial charge in [-0.25, -0.2) is 0 Å². The fourth-order valence-electron chi connectivity index (χ4n) is 2.08. The highest BCUT2D eigenvalue weighted by Crippen LogP contribution is 2.48. The molecule has 1 nitrogen and oxygen atoms in total. The maximum atomic E-state index is 10.4. The Morgan fingerprint density at radius 2 is 2.19 bits per heavy atom. The molecule has 1 fully saturated rings. The minimum atomic E-state index is -0.550. The number of rotatable bonds is 2. The summed E-state index contributed by atoms with van der Waals surface area (Å²) >= 11 is 13.9. The summed E-state index contributed by atoms with van der Waals surface area (Å²) < 4.78 is -0.131. The highest BCUT2D eigenvalue weighted by Gasteiger charge is 2.38. The van der Waals surface area contributed by atoms with Crippen LogP contribution >= 0.6 is 35.0 Å². The minimum Gasteiger partial charge on any atom is -0.387 e. The van der Waals surface area contributed by atoms with Gasteiger partial charge in [0.25, 0.3) is 0 Å². The van der Waals surface area contributed by atoms with Crippen LogP contribution < -0.4 is 0 Å². The van der Waals surface area contributed by atoms with E-state index in [1.165, 1.54) is 0 Å². The lowest BCUT2D eigenvalue weighted by Crippen LogP contribution is -2.26. The molecule has 1 aromatic rings. The normalized spacial score (nSPS) is 27.0. The lowest BCUT2D eigenvalue weighted by molar-refractivity contribution is 0.135. The number of hydrogen-bond acceptors (Lipinski definition) is 2. The van der Waals surface area contributed by atoms with Crippen molar-refractivity contribution in [1.29, 1.82) is 0 Å². The van der Waals surface area contributed by atoms with E-state index >= 15 is 0 Å². The molecule has 1 aliphatic heterocycles. The van der Waals surface area contributed by atoms with Gasteiger partial charge in [0.2, 0.25) is 0 Å². The van der Waals surface area contributed by atoms with Crippen LogP contribution in [0.3, 0.4) is 0 Å². The quantitative estimate of drug-likeness (QED) is 0.869. The van der Waals surface area contributed by atoms with Crippen molar-refractivity contribution in [2.24, 2.45) is 0 Å². The zero-order valence-corrected chi connectivity index (χ0v) is 11.4. The largest absolute Gasteiger partial charge is 0.387 e. The monoisotopic (exact) mass is 276 g/mol. The van der Waals surface area contributed by atoms with Crippen LogP contribution in [0, 0.1) is 0 Å². The van der Waals surface area contributed by atoms with Crippen molar-refractivity contribution in [3.8, 4) is 0 Å². The van der Waals surface area contributed by atoms with Gasteiger partial charge in [-0.3, -0.25) is 0 Å². The molecule has 88 valence electrons. The lowest BCUT2D eigenvalue weighted by Gasteiger charge is -2.30. The van der Waals surface area contributed by atoms with E-state index in [2.05, 4.69) is 6.92 Å². The van der Waals surface area contributed by atoms with Gasteiger partial charge < -0.3 is 5.11 Å². The molecular weight excluding hydrogens is 263 g/mol. The van der Waals surface area contributed by atoms with Crippen LogP contribution in [-0.4, -0.2) is 15.6 Å². The van der Waals surface area contributed by atoms with Crippen LogP contribution in [0.1, 0.15) is 31.4 Å². The highest BCUT2D eigenvalue weighted by molar-refractivity contribution is 8.00. The molecule has 0 radical (unpaired) electrons. The van der Waals surface area contributed by atoms with Crippen molar-refractivity contribution in [2.45, 2.75) is 30.6 Å². The first-order chi connectivity index (χ1) is 7.54. The SMILES string of the molecule is CC1(C(O)c2cccc(Cl)c2Cl)CCCS1. The van der Waals surface area contributed by atoms with Crippen LogP contribution in [0.2, 0.25) is 10.0 Å². The molecule has 0 amide bonds.